The minimum atomic E-state index is -3.27. The number of rotatable bonds is 6. The summed E-state index contributed by atoms with van der Waals surface area (Å²) in [6, 6.07) is 9.01. The highest BCUT2D eigenvalue weighted by atomic mass is 32.2. The van der Waals surface area contributed by atoms with Crippen molar-refractivity contribution >= 4 is 15.8 Å². The van der Waals surface area contributed by atoms with Gasteiger partial charge in [-0.2, -0.15) is 0 Å². The fourth-order valence-electron chi connectivity index (χ4n) is 2.78. The maximum atomic E-state index is 12.3. The summed E-state index contributed by atoms with van der Waals surface area (Å²) in [6.07, 6.45) is 6.12. The molecule has 23 heavy (non-hydrogen) atoms. The molecule has 1 aromatic rings. The molecular formula is C17H27N3O2S. The Balaban J connectivity index is 1.92. The van der Waals surface area contributed by atoms with Gasteiger partial charge < -0.3 is 10.6 Å². The molecule has 0 atom stereocenters. The zero-order valence-electron chi connectivity index (χ0n) is 13.8. The molecule has 0 bridgehead atoms. The van der Waals surface area contributed by atoms with Crippen LogP contribution in [0.2, 0.25) is 0 Å². The lowest BCUT2D eigenvalue weighted by Crippen LogP contribution is -2.44. The van der Waals surface area contributed by atoms with Crippen LogP contribution in [0.4, 0.5) is 0 Å². The van der Waals surface area contributed by atoms with Gasteiger partial charge in [-0.25, -0.2) is 8.42 Å². The van der Waals surface area contributed by atoms with E-state index < -0.39 is 9.84 Å². The number of guanidine groups is 1. The molecule has 0 radical (unpaired) electrons. The normalized spacial score (nSPS) is 17.0. The minimum absolute atomic E-state index is 0.0260. The molecular weight excluding hydrogens is 310 g/mol. The van der Waals surface area contributed by atoms with Crippen LogP contribution < -0.4 is 10.6 Å². The molecule has 2 rings (SSSR count). The highest BCUT2D eigenvalue weighted by Gasteiger charge is 2.16. The van der Waals surface area contributed by atoms with E-state index >= 15 is 0 Å². The molecule has 1 aromatic carbocycles. The van der Waals surface area contributed by atoms with Crippen molar-refractivity contribution in [1.82, 2.24) is 10.6 Å². The lowest BCUT2D eigenvalue weighted by molar-refractivity contribution is 0.410. The van der Waals surface area contributed by atoms with E-state index in [1.807, 2.05) is 13.0 Å². The molecule has 128 valence electrons. The van der Waals surface area contributed by atoms with E-state index in [4.69, 9.17) is 0 Å². The third kappa shape index (κ3) is 5.86. The second-order valence-electron chi connectivity index (χ2n) is 5.87. The van der Waals surface area contributed by atoms with Gasteiger partial charge in [0.05, 0.1) is 17.2 Å². The molecule has 0 amide bonds. The van der Waals surface area contributed by atoms with Crippen molar-refractivity contribution in [2.45, 2.75) is 50.0 Å². The summed E-state index contributed by atoms with van der Waals surface area (Å²) in [5.41, 5.74) is 0. The third-order valence-electron chi connectivity index (χ3n) is 4.02. The molecule has 0 aliphatic heterocycles. The molecule has 6 heteroatoms. The van der Waals surface area contributed by atoms with Crippen LogP contribution in [0.25, 0.3) is 0 Å². The fourth-order valence-corrected chi connectivity index (χ4v) is 3.92. The predicted molar refractivity (Wildman–Crippen MR) is 94.5 cm³/mol. The van der Waals surface area contributed by atoms with Crippen molar-refractivity contribution in [2.24, 2.45) is 4.99 Å². The Bertz CT molecular complexity index is 594. The van der Waals surface area contributed by atoms with Crippen LogP contribution in [0.5, 0.6) is 0 Å². The van der Waals surface area contributed by atoms with Gasteiger partial charge in [0.2, 0.25) is 0 Å². The van der Waals surface area contributed by atoms with Gasteiger partial charge in [-0.1, -0.05) is 37.5 Å². The van der Waals surface area contributed by atoms with Gasteiger partial charge >= 0.3 is 0 Å². The van der Waals surface area contributed by atoms with E-state index in [1.54, 1.807) is 24.3 Å². The van der Waals surface area contributed by atoms with Gasteiger partial charge in [0, 0.05) is 12.6 Å². The summed E-state index contributed by atoms with van der Waals surface area (Å²) in [7, 11) is -3.27. The van der Waals surface area contributed by atoms with Crippen LogP contribution in [0.3, 0.4) is 0 Å². The van der Waals surface area contributed by atoms with Crippen molar-refractivity contribution in [3.63, 3.8) is 0 Å². The number of nitrogens with zero attached hydrogens (tertiary/aromatic N) is 1. The average Bonchev–Trinajstić information content (AvgIpc) is 2.56. The summed E-state index contributed by atoms with van der Waals surface area (Å²) in [4.78, 5) is 4.80. The number of aliphatic imine (C=N–C) groups is 1. The number of benzene rings is 1. The quantitative estimate of drug-likeness (QED) is 0.617. The van der Waals surface area contributed by atoms with Crippen LogP contribution in [-0.2, 0) is 9.84 Å². The number of hydrogen-bond donors (Lipinski definition) is 2. The molecule has 1 aliphatic rings. The highest BCUT2D eigenvalue weighted by molar-refractivity contribution is 7.91. The van der Waals surface area contributed by atoms with Gasteiger partial charge in [-0.05, 0) is 31.9 Å². The minimum Gasteiger partial charge on any atom is -0.357 e. The first kappa shape index (κ1) is 17.8. The molecule has 1 fully saturated rings. The molecule has 0 heterocycles. The Hall–Kier alpha value is -1.56. The lowest BCUT2D eigenvalue weighted by Gasteiger charge is -2.24. The Kier molecular flexibility index (Phi) is 6.89. The first-order chi connectivity index (χ1) is 11.1. The van der Waals surface area contributed by atoms with Gasteiger partial charge in [-0.15, -0.1) is 0 Å². The van der Waals surface area contributed by atoms with Crippen molar-refractivity contribution < 1.29 is 8.42 Å². The van der Waals surface area contributed by atoms with Crippen molar-refractivity contribution in [3.05, 3.63) is 30.3 Å². The van der Waals surface area contributed by atoms with E-state index in [9.17, 15) is 8.42 Å². The fraction of sp³-hybridized carbons (Fsp3) is 0.588. The molecule has 0 aromatic heterocycles. The van der Waals surface area contributed by atoms with Gasteiger partial charge in [0.15, 0.2) is 15.8 Å². The Labute approximate surface area is 139 Å². The van der Waals surface area contributed by atoms with Gasteiger partial charge in [0.25, 0.3) is 0 Å². The molecule has 2 N–H and O–H groups in total. The first-order valence-corrected chi connectivity index (χ1v) is 10.1. The largest absolute Gasteiger partial charge is 0.357 e. The van der Waals surface area contributed by atoms with Crippen LogP contribution in [0, 0.1) is 0 Å². The van der Waals surface area contributed by atoms with E-state index in [0.717, 1.165) is 25.3 Å². The van der Waals surface area contributed by atoms with Gasteiger partial charge in [-0.3, -0.25) is 4.99 Å². The Morgan fingerprint density at radius 3 is 2.52 bits per heavy atom. The average molecular weight is 337 g/mol. The maximum Gasteiger partial charge on any atom is 0.191 e. The summed E-state index contributed by atoms with van der Waals surface area (Å²) in [5.74, 6) is 0.751. The summed E-state index contributed by atoms with van der Waals surface area (Å²) >= 11 is 0. The lowest BCUT2D eigenvalue weighted by atomic mass is 9.96. The highest BCUT2D eigenvalue weighted by Crippen LogP contribution is 2.17. The molecule has 5 nitrogen and oxygen atoms in total. The Morgan fingerprint density at radius 1 is 1.17 bits per heavy atom. The predicted octanol–water partition coefficient (Wildman–Crippen LogP) is 2.35. The smallest absolute Gasteiger partial charge is 0.191 e. The van der Waals surface area contributed by atoms with E-state index in [1.165, 1.54) is 19.3 Å². The maximum absolute atomic E-state index is 12.3. The summed E-state index contributed by atoms with van der Waals surface area (Å²) in [6.45, 7) is 3.04. The standard InChI is InChI=1S/C17H27N3O2S/c1-2-18-17(20-15-9-5-3-6-10-15)19-13-14-23(21,22)16-11-7-4-8-12-16/h4,7-8,11-12,15H,2-3,5-6,9-10,13-14H2,1H3,(H2,18,19,20). The third-order valence-corrected chi connectivity index (χ3v) is 5.73. The molecule has 0 spiro atoms. The van der Waals surface area contributed by atoms with Crippen LogP contribution in [0.15, 0.2) is 40.2 Å². The summed E-state index contributed by atoms with van der Waals surface area (Å²) < 4.78 is 24.5. The van der Waals surface area contributed by atoms with E-state index in [-0.39, 0.29) is 12.3 Å². The van der Waals surface area contributed by atoms with E-state index in [2.05, 4.69) is 15.6 Å². The molecule has 1 saturated carbocycles. The number of hydrogen-bond acceptors (Lipinski definition) is 3. The topological polar surface area (TPSA) is 70.6 Å². The van der Waals surface area contributed by atoms with Crippen LogP contribution in [-0.4, -0.2) is 39.3 Å². The summed E-state index contributed by atoms with van der Waals surface area (Å²) in [5, 5.41) is 6.63. The van der Waals surface area contributed by atoms with Crippen LogP contribution in [0.1, 0.15) is 39.0 Å². The van der Waals surface area contributed by atoms with Crippen molar-refractivity contribution in [2.75, 3.05) is 18.8 Å². The first-order valence-electron chi connectivity index (χ1n) is 8.44. The monoisotopic (exact) mass is 337 g/mol. The van der Waals surface area contributed by atoms with Gasteiger partial charge in [0.1, 0.15) is 0 Å². The Morgan fingerprint density at radius 2 is 1.87 bits per heavy atom. The van der Waals surface area contributed by atoms with E-state index in [0.29, 0.717) is 10.9 Å². The van der Waals surface area contributed by atoms with Crippen LogP contribution >= 0.6 is 0 Å². The number of sulfone groups is 1. The second kappa shape index (κ2) is 8.91. The molecule has 0 unspecified atom stereocenters. The number of nitrogens with one attached hydrogen (secondary N) is 2. The zero-order valence-corrected chi connectivity index (χ0v) is 14.6. The zero-order chi connectivity index (χ0) is 16.5. The SMILES string of the molecule is CCNC(=NCCS(=O)(=O)c1ccccc1)NC1CCCCC1. The second-order valence-corrected chi connectivity index (χ2v) is 7.98. The molecule has 1 aliphatic carbocycles. The van der Waals surface area contributed by atoms with Crippen molar-refractivity contribution in [3.8, 4) is 0 Å². The van der Waals surface area contributed by atoms with Crippen molar-refractivity contribution in [1.29, 1.82) is 0 Å². The molecule has 0 saturated heterocycles.